The molecular formula is C12H8Cl2FNO3S. The van der Waals surface area contributed by atoms with Gasteiger partial charge in [0.2, 0.25) is 10.0 Å². The first kappa shape index (κ1) is 15.1. The highest BCUT2D eigenvalue weighted by atomic mass is 35.5. The second-order valence-electron chi connectivity index (χ2n) is 3.82. The van der Waals surface area contributed by atoms with Crippen LogP contribution in [0.5, 0.6) is 11.5 Å². The standard InChI is InChI=1S/C12H8Cl2FNO3S/c13-9-3-1-7(5-11(9)15)19-12-4-2-8(6-10(12)14)20(16,17)18/h1-6H,(H2,16,17,18). The quantitative estimate of drug-likeness (QED) is 0.931. The third-order valence-electron chi connectivity index (χ3n) is 2.35. The van der Waals surface area contributed by atoms with E-state index < -0.39 is 15.8 Å². The van der Waals surface area contributed by atoms with Gasteiger partial charge in [-0.3, -0.25) is 0 Å². The van der Waals surface area contributed by atoms with Crippen molar-refractivity contribution in [1.29, 1.82) is 0 Å². The number of halogens is 3. The SMILES string of the molecule is NS(=O)(=O)c1ccc(Oc2ccc(Cl)c(F)c2)c(Cl)c1. The van der Waals surface area contributed by atoms with Crippen LogP contribution in [0.15, 0.2) is 41.3 Å². The Morgan fingerprint density at radius 2 is 1.75 bits per heavy atom. The van der Waals surface area contributed by atoms with Gasteiger partial charge >= 0.3 is 0 Å². The lowest BCUT2D eigenvalue weighted by Crippen LogP contribution is -2.11. The van der Waals surface area contributed by atoms with Crippen molar-refractivity contribution >= 4 is 33.2 Å². The molecule has 0 unspecified atom stereocenters. The number of rotatable bonds is 3. The zero-order valence-electron chi connectivity index (χ0n) is 9.81. The maximum absolute atomic E-state index is 13.3. The number of ether oxygens (including phenoxy) is 1. The highest BCUT2D eigenvalue weighted by molar-refractivity contribution is 7.89. The second-order valence-corrected chi connectivity index (χ2v) is 6.19. The lowest BCUT2D eigenvalue weighted by Gasteiger charge is -2.09. The molecule has 2 aromatic rings. The van der Waals surface area contributed by atoms with E-state index in [1.807, 2.05) is 0 Å². The number of sulfonamides is 1. The number of hydrogen-bond acceptors (Lipinski definition) is 3. The smallest absolute Gasteiger partial charge is 0.238 e. The molecule has 106 valence electrons. The molecule has 20 heavy (non-hydrogen) atoms. The fourth-order valence-corrected chi connectivity index (χ4v) is 2.35. The van der Waals surface area contributed by atoms with Crippen LogP contribution >= 0.6 is 23.2 Å². The Balaban J connectivity index is 2.32. The van der Waals surface area contributed by atoms with Gasteiger partial charge in [0, 0.05) is 6.07 Å². The summed E-state index contributed by atoms with van der Waals surface area (Å²) in [5, 5.41) is 4.97. The van der Waals surface area contributed by atoms with Crippen molar-refractivity contribution in [3.05, 3.63) is 52.3 Å². The molecule has 8 heteroatoms. The molecule has 0 aliphatic rings. The Morgan fingerprint density at radius 3 is 2.30 bits per heavy atom. The summed E-state index contributed by atoms with van der Waals surface area (Å²) in [5.74, 6) is -0.292. The van der Waals surface area contributed by atoms with E-state index in [1.54, 1.807) is 0 Å². The summed E-state index contributed by atoms with van der Waals surface area (Å²) in [7, 11) is -3.84. The number of nitrogens with two attached hydrogens (primary N) is 1. The molecule has 0 saturated carbocycles. The first-order valence-corrected chi connectivity index (χ1v) is 7.53. The number of primary sulfonamides is 1. The van der Waals surface area contributed by atoms with Crippen molar-refractivity contribution in [1.82, 2.24) is 0 Å². The summed E-state index contributed by atoms with van der Waals surface area (Å²) in [6.07, 6.45) is 0. The number of hydrogen-bond donors (Lipinski definition) is 1. The third kappa shape index (κ3) is 3.40. The van der Waals surface area contributed by atoms with E-state index in [0.29, 0.717) is 0 Å². The highest BCUT2D eigenvalue weighted by Gasteiger charge is 2.12. The molecule has 0 fully saturated rings. The molecule has 2 rings (SSSR count). The van der Waals surface area contributed by atoms with E-state index in [9.17, 15) is 12.8 Å². The van der Waals surface area contributed by atoms with Crippen LogP contribution in [0.2, 0.25) is 10.0 Å². The van der Waals surface area contributed by atoms with Gasteiger partial charge in [0.05, 0.1) is 14.9 Å². The largest absolute Gasteiger partial charge is 0.456 e. The normalized spacial score (nSPS) is 11.4. The maximum Gasteiger partial charge on any atom is 0.238 e. The van der Waals surface area contributed by atoms with Gasteiger partial charge in [-0.25, -0.2) is 17.9 Å². The van der Waals surface area contributed by atoms with Crippen molar-refractivity contribution in [3.8, 4) is 11.5 Å². The van der Waals surface area contributed by atoms with E-state index in [1.165, 1.54) is 24.3 Å². The van der Waals surface area contributed by atoms with Crippen LogP contribution in [0, 0.1) is 5.82 Å². The van der Waals surface area contributed by atoms with Crippen LogP contribution in [0.1, 0.15) is 0 Å². The van der Waals surface area contributed by atoms with E-state index in [0.717, 1.165) is 12.1 Å². The van der Waals surface area contributed by atoms with Crippen molar-refractivity contribution in [3.63, 3.8) is 0 Å². The predicted octanol–water partition coefficient (Wildman–Crippen LogP) is 3.57. The summed E-state index contributed by atoms with van der Waals surface area (Å²) in [6, 6.07) is 7.59. The number of benzene rings is 2. The Bertz CT molecular complexity index is 765. The average molecular weight is 336 g/mol. The van der Waals surface area contributed by atoms with Gasteiger partial charge in [-0.05, 0) is 30.3 Å². The molecule has 0 spiro atoms. The zero-order valence-corrected chi connectivity index (χ0v) is 12.1. The lowest BCUT2D eigenvalue weighted by atomic mass is 10.3. The van der Waals surface area contributed by atoms with Gasteiger partial charge in [-0.1, -0.05) is 23.2 Å². The lowest BCUT2D eigenvalue weighted by molar-refractivity contribution is 0.476. The van der Waals surface area contributed by atoms with Crippen molar-refractivity contribution < 1.29 is 17.5 Å². The van der Waals surface area contributed by atoms with Gasteiger partial charge in [0.1, 0.15) is 17.3 Å². The van der Waals surface area contributed by atoms with Gasteiger partial charge in [0.15, 0.2) is 0 Å². The summed E-state index contributed by atoms with van der Waals surface area (Å²) < 4.78 is 40.9. The fraction of sp³-hybridized carbons (Fsp3) is 0. The third-order valence-corrected chi connectivity index (χ3v) is 3.86. The first-order valence-electron chi connectivity index (χ1n) is 5.22. The molecule has 2 aromatic carbocycles. The molecule has 0 heterocycles. The highest BCUT2D eigenvalue weighted by Crippen LogP contribution is 2.32. The molecule has 0 aliphatic heterocycles. The van der Waals surface area contributed by atoms with Crippen LogP contribution < -0.4 is 9.88 Å². The maximum atomic E-state index is 13.3. The van der Waals surface area contributed by atoms with E-state index >= 15 is 0 Å². The van der Waals surface area contributed by atoms with Gasteiger partial charge < -0.3 is 4.74 Å². The summed E-state index contributed by atoms with van der Waals surface area (Å²) in [6.45, 7) is 0. The molecule has 4 nitrogen and oxygen atoms in total. The molecule has 0 aliphatic carbocycles. The van der Waals surface area contributed by atoms with Crippen LogP contribution in [0.4, 0.5) is 4.39 Å². The Morgan fingerprint density at radius 1 is 1.05 bits per heavy atom. The average Bonchev–Trinajstić information content (AvgIpc) is 2.35. The van der Waals surface area contributed by atoms with Gasteiger partial charge in [0.25, 0.3) is 0 Å². The van der Waals surface area contributed by atoms with Crippen molar-refractivity contribution in [2.24, 2.45) is 5.14 Å². The zero-order chi connectivity index (χ0) is 14.9. The molecular weight excluding hydrogens is 328 g/mol. The van der Waals surface area contributed by atoms with Crippen molar-refractivity contribution in [2.75, 3.05) is 0 Å². The summed E-state index contributed by atoms with van der Waals surface area (Å²) >= 11 is 11.4. The van der Waals surface area contributed by atoms with Crippen LogP contribution in [0.3, 0.4) is 0 Å². The van der Waals surface area contributed by atoms with Gasteiger partial charge in [-0.15, -0.1) is 0 Å². The second kappa shape index (κ2) is 5.57. The molecule has 0 aromatic heterocycles. The Kier molecular flexibility index (Phi) is 4.19. The minimum Gasteiger partial charge on any atom is -0.456 e. The Hall–Kier alpha value is -1.34. The molecule has 2 N–H and O–H groups in total. The minimum absolute atomic E-state index is 0.0342. The fourth-order valence-electron chi connectivity index (χ4n) is 1.41. The predicted molar refractivity (Wildman–Crippen MR) is 74.3 cm³/mol. The van der Waals surface area contributed by atoms with Crippen molar-refractivity contribution in [2.45, 2.75) is 4.90 Å². The monoisotopic (exact) mass is 335 g/mol. The molecule has 0 radical (unpaired) electrons. The molecule has 0 amide bonds. The van der Waals surface area contributed by atoms with Crippen LogP contribution in [0.25, 0.3) is 0 Å². The minimum atomic E-state index is -3.84. The topological polar surface area (TPSA) is 69.4 Å². The summed E-state index contributed by atoms with van der Waals surface area (Å²) in [5.41, 5.74) is 0. The van der Waals surface area contributed by atoms with Crippen LogP contribution in [-0.2, 0) is 10.0 Å². The molecule has 0 bridgehead atoms. The van der Waals surface area contributed by atoms with Crippen LogP contribution in [-0.4, -0.2) is 8.42 Å². The Labute approximate surface area is 124 Å². The first-order chi connectivity index (χ1) is 9.27. The molecule has 0 saturated heterocycles. The van der Waals surface area contributed by atoms with E-state index in [2.05, 4.69) is 0 Å². The van der Waals surface area contributed by atoms with E-state index in [4.69, 9.17) is 33.1 Å². The summed E-state index contributed by atoms with van der Waals surface area (Å²) in [4.78, 5) is -0.142. The van der Waals surface area contributed by atoms with Gasteiger partial charge in [-0.2, -0.15) is 0 Å². The molecule has 0 atom stereocenters. The van der Waals surface area contributed by atoms with E-state index in [-0.39, 0.29) is 26.4 Å².